The summed E-state index contributed by atoms with van der Waals surface area (Å²) in [6, 6.07) is 1.82. The molecule has 1 unspecified atom stereocenters. The molecule has 3 rings (SSSR count). The monoisotopic (exact) mass is 385 g/mol. The van der Waals surface area contributed by atoms with E-state index in [0.717, 1.165) is 28.9 Å². The Labute approximate surface area is 166 Å². The highest BCUT2D eigenvalue weighted by molar-refractivity contribution is 6.01. The van der Waals surface area contributed by atoms with E-state index in [9.17, 15) is 9.59 Å². The third-order valence-electron chi connectivity index (χ3n) is 5.95. The predicted molar refractivity (Wildman–Crippen MR) is 107 cm³/mol. The number of carbonyl (C=O) groups is 2. The van der Waals surface area contributed by atoms with Gasteiger partial charge in [0.05, 0.1) is 12.5 Å². The highest BCUT2D eigenvalue weighted by atomic mass is 16.5. The molecule has 2 aromatic heterocycles. The van der Waals surface area contributed by atoms with E-state index in [1.807, 2.05) is 13.8 Å². The van der Waals surface area contributed by atoms with Crippen molar-refractivity contribution in [2.75, 3.05) is 7.05 Å². The predicted octanol–water partition coefficient (Wildman–Crippen LogP) is 4.28. The van der Waals surface area contributed by atoms with Gasteiger partial charge in [-0.25, -0.2) is 0 Å². The van der Waals surface area contributed by atoms with Crippen LogP contribution in [0.1, 0.15) is 86.1 Å². The van der Waals surface area contributed by atoms with Crippen LogP contribution in [0.5, 0.6) is 0 Å². The lowest BCUT2D eigenvalue weighted by Gasteiger charge is -2.31. The Morgan fingerprint density at radius 3 is 2.57 bits per heavy atom. The molecule has 2 aromatic rings. The molecule has 0 aromatic carbocycles. The summed E-state index contributed by atoms with van der Waals surface area (Å²) in [6.07, 6.45) is 3.10. The number of aromatic nitrogens is 2. The van der Waals surface area contributed by atoms with Crippen LogP contribution >= 0.6 is 0 Å². The molecule has 1 aliphatic rings. The zero-order valence-corrected chi connectivity index (χ0v) is 18.0. The number of fused-ring (bicyclic) bond motifs is 1. The molecule has 1 aliphatic carbocycles. The summed E-state index contributed by atoms with van der Waals surface area (Å²) in [5, 5.41) is 3.94. The lowest BCUT2D eigenvalue weighted by atomic mass is 9.75. The van der Waals surface area contributed by atoms with Gasteiger partial charge in [0.15, 0.2) is 5.78 Å². The molecule has 0 saturated heterocycles. The number of likely N-dealkylation sites (N-methyl/N-ethyl adjacent to an activating group) is 1. The molecule has 1 amide bonds. The summed E-state index contributed by atoms with van der Waals surface area (Å²) < 4.78 is 7.15. The van der Waals surface area contributed by atoms with Crippen molar-refractivity contribution in [3.05, 3.63) is 40.5 Å². The molecule has 0 saturated carbocycles. The van der Waals surface area contributed by atoms with Crippen molar-refractivity contribution in [2.45, 2.75) is 72.9 Å². The van der Waals surface area contributed by atoms with Crippen LogP contribution in [0.2, 0.25) is 0 Å². The summed E-state index contributed by atoms with van der Waals surface area (Å²) >= 11 is 0. The van der Waals surface area contributed by atoms with E-state index in [4.69, 9.17) is 4.52 Å². The molecule has 2 heterocycles. The average Bonchev–Trinajstić information content (AvgIpc) is 3.19. The summed E-state index contributed by atoms with van der Waals surface area (Å²) in [6.45, 7) is 12.5. The van der Waals surface area contributed by atoms with Crippen LogP contribution in [-0.4, -0.2) is 33.4 Å². The topological polar surface area (TPSA) is 68.3 Å². The Hall–Kier alpha value is -2.37. The van der Waals surface area contributed by atoms with E-state index in [0.29, 0.717) is 12.1 Å². The van der Waals surface area contributed by atoms with E-state index in [2.05, 4.69) is 37.4 Å². The highest BCUT2D eigenvalue weighted by Gasteiger charge is 2.37. The zero-order chi connectivity index (χ0) is 20.8. The van der Waals surface area contributed by atoms with Gasteiger partial charge in [-0.1, -0.05) is 19.0 Å². The molecule has 152 valence electrons. The summed E-state index contributed by atoms with van der Waals surface area (Å²) in [5.74, 6) is 0.128. The Morgan fingerprint density at radius 2 is 2.00 bits per heavy atom. The van der Waals surface area contributed by atoms with Gasteiger partial charge in [-0.15, -0.1) is 0 Å². The second-order valence-electron chi connectivity index (χ2n) is 9.07. The minimum Gasteiger partial charge on any atom is -0.364 e. The maximum Gasteiger partial charge on any atom is 0.227 e. The third kappa shape index (κ3) is 3.52. The number of nitrogens with zero attached hydrogens (tertiary/aromatic N) is 3. The van der Waals surface area contributed by atoms with Gasteiger partial charge in [-0.2, -0.15) is 0 Å². The van der Waals surface area contributed by atoms with Crippen LogP contribution < -0.4 is 0 Å². The molecule has 28 heavy (non-hydrogen) atoms. The number of ketones is 1. The number of hydrogen-bond donors (Lipinski definition) is 0. The first kappa shape index (κ1) is 20.4. The first-order chi connectivity index (χ1) is 13.0. The lowest BCUT2D eigenvalue weighted by Crippen LogP contribution is -2.32. The quantitative estimate of drug-likeness (QED) is 0.770. The third-order valence-corrected chi connectivity index (χ3v) is 5.95. The van der Waals surface area contributed by atoms with Gasteiger partial charge >= 0.3 is 0 Å². The van der Waals surface area contributed by atoms with Crippen LogP contribution in [-0.2, 0) is 17.6 Å². The molecule has 0 N–H and O–H groups in total. The van der Waals surface area contributed by atoms with E-state index in [1.54, 1.807) is 18.0 Å². The number of Topliss-reactive ketones (excluding diaryl/α,β-unsaturated/α-hetero) is 1. The summed E-state index contributed by atoms with van der Waals surface area (Å²) in [4.78, 5) is 27.7. The van der Waals surface area contributed by atoms with Gasteiger partial charge in [-0.05, 0) is 45.1 Å². The maximum absolute atomic E-state index is 13.0. The maximum atomic E-state index is 13.0. The molecule has 0 fully saturated rings. The van der Waals surface area contributed by atoms with Crippen LogP contribution in [0.15, 0.2) is 16.9 Å². The van der Waals surface area contributed by atoms with Crippen molar-refractivity contribution in [3.8, 4) is 0 Å². The fraction of sp³-hybridized carbons (Fsp3) is 0.591. The van der Waals surface area contributed by atoms with Gasteiger partial charge in [0, 0.05) is 42.5 Å². The van der Waals surface area contributed by atoms with Gasteiger partial charge in [0.1, 0.15) is 12.0 Å². The zero-order valence-electron chi connectivity index (χ0n) is 18.0. The molecular formula is C22H31N3O3. The first-order valence-electron chi connectivity index (χ1n) is 9.95. The lowest BCUT2D eigenvalue weighted by molar-refractivity contribution is -0.131. The minimum absolute atomic E-state index is 0.0278. The van der Waals surface area contributed by atoms with Crippen LogP contribution in [0.4, 0.5) is 0 Å². The van der Waals surface area contributed by atoms with Crippen molar-refractivity contribution in [3.63, 3.8) is 0 Å². The average molecular weight is 386 g/mol. The molecule has 6 heteroatoms. The Balaban J connectivity index is 1.97. The smallest absolute Gasteiger partial charge is 0.227 e. The molecule has 1 atom stereocenters. The second kappa shape index (κ2) is 7.22. The normalized spacial score (nSPS) is 16.9. The van der Waals surface area contributed by atoms with Crippen molar-refractivity contribution in [1.29, 1.82) is 0 Å². The highest BCUT2D eigenvalue weighted by Crippen LogP contribution is 2.40. The molecule has 0 radical (unpaired) electrons. The molecular weight excluding hydrogens is 354 g/mol. The van der Waals surface area contributed by atoms with Crippen molar-refractivity contribution < 1.29 is 14.1 Å². The molecule has 6 nitrogen and oxygen atoms in total. The molecule has 0 spiro atoms. The Bertz CT molecular complexity index is 891. The van der Waals surface area contributed by atoms with Crippen molar-refractivity contribution in [2.24, 2.45) is 5.41 Å². The standard InChI is InChI=1S/C22H31N3O3/c1-13(2)25-14(3)16(21-18(25)11-22(5,6)12-19(21)26)10-20(27)24(7)15(4)17-8-9-28-23-17/h8-9,13,15H,10-12H2,1-7H3. The number of carbonyl (C=O) groups excluding carboxylic acids is 2. The summed E-state index contributed by atoms with van der Waals surface area (Å²) in [5.41, 5.74) is 4.44. The van der Waals surface area contributed by atoms with Gasteiger partial charge in [0.2, 0.25) is 5.91 Å². The van der Waals surface area contributed by atoms with Crippen LogP contribution in [0, 0.1) is 12.3 Å². The Morgan fingerprint density at radius 1 is 1.32 bits per heavy atom. The van der Waals surface area contributed by atoms with E-state index < -0.39 is 0 Å². The fourth-order valence-corrected chi connectivity index (χ4v) is 4.41. The van der Waals surface area contributed by atoms with E-state index in [-0.39, 0.29) is 35.6 Å². The fourth-order valence-electron chi connectivity index (χ4n) is 4.41. The number of hydrogen-bond acceptors (Lipinski definition) is 4. The van der Waals surface area contributed by atoms with Crippen LogP contribution in [0.25, 0.3) is 0 Å². The van der Waals surface area contributed by atoms with Crippen molar-refractivity contribution in [1.82, 2.24) is 14.6 Å². The van der Waals surface area contributed by atoms with Crippen LogP contribution in [0.3, 0.4) is 0 Å². The van der Waals surface area contributed by atoms with Crippen molar-refractivity contribution >= 4 is 11.7 Å². The summed E-state index contributed by atoms with van der Waals surface area (Å²) in [7, 11) is 1.77. The molecule has 0 bridgehead atoms. The first-order valence-corrected chi connectivity index (χ1v) is 9.95. The molecule has 0 aliphatic heterocycles. The van der Waals surface area contributed by atoms with Gasteiger partial charge in [0.25, 0.3) is 0 Å². The van der Waals surface area contributed by atoms with Gasteiger partial charge in [-0.3, -0.25) is 9.59 Å². The Kier molecular flexibility index (Phi) is 5.26. The second-order valence-corrected chi connectivity index (χ2v) is 9.07. The van der Waals surface area contributed by atoms with E-state index >= 15 is 0 Å². The SMILES string of the molecule is Cc1c(CC(=O)N(C)C(C)c2ccon2)c2c(n1C(C)C)CC(C)(C)CC2=O. The largest absolute Gasteiger partial charge is 0.364 e. The number of rotatable bonds is 5. The minimum atomic E-state index is -0.191. The van der Waals surface area contributed by atoms with Gasteiger partial charge < -0.3 is 14.0 Å². The van der Waals surface area contributed by atoms with E-state index in [1.165, 1.54) is 6.26 Å². The number of amides is 1.